The first-order valence-electron chi connectivity index (χ1n) is 4.05. The zero-order chi connectivity index (χ0) is 9.44. The molecule has 0 rings (SSSR count). The quantitative estimate of drug-likeness (QED) is 0.626. The van der Waals surface area contributed by atoms with E-state index in [0.29, 0.717) is 5.92 Å². The van der Waals surface area contributed by atoms with Gasteiger partial charge in [-0.2, -0.15) is 0 Å². The van der Waals surface area contributed by atoms with Gasteiger partial charge in [0.1, 0.15) is 6.29 Å². The van der Waals surface area contributed by atoms with Crippen molar-refractivity contribution in [2.45, 2.75) is 40.7 Å². The summed E-state index contributed by atoms with van der Waals surface area (Å²) in [5.74, 6) is 0.611. The molecule has 11 heavy (non-hydrogen) atoms. The number of carbonyl (C=O) groups excluding carboxylic acids is 1. The zero-order valence-corrected chi connectivity index (χ0v) is 8.16. The van der Waals surface area contributed by atoms with Crippen LogP contribution in [0.25, 0.3) is 0 Å². The van der Waals surface area contributed by atoms with Gasteiger partial charge in [0.2, 0.25) is 0 Å². The van der Waals surface area contributed by atoms with Crippen LogP contribution in [0, 0.1) is 11.8 Å². The summed E-state index contributed by atoms with van der Waals surface area (Å²) in [6, 6.07) is 0. The Morgan fingerprint density at radius 3 is 1.27 bits per heavy atom. The summed E-state index contributed by atoms with van der Waals surface area (Å²) in [4.78, 5) is 9.50. The van der Waals surface area contributed by atoms with Gasteiger partial charge in [-0.05, 0) is 12.8 Å². The number of aliphatic hydroxyl groups is 1. The average Bonchev–Trinajstić information content (AvgIpc) is 1.89. The molecule has 0 aliphatic carbocycles. The second-order valence-corrected chi connectivity index (χ2v) is 3.36. The summed E-state index contributed by atoms with van der Waals surface area (Å²) < 4.78 is 0. The second kappa shape index (κ2) is 7.73. The molecule has 0 fully saturated rings. The highest BCUT2D eigenvalue weighted by molar-refractivity contribution is 5.51. The van der Waals surface area contributed by atoms with E-state index in [0.717, 1.165) is 6.29 Å². The van der Waals surface area contributed by atoms with Crippen molar-refractivity contribution in [1.82, 2.24) is 0 Å². The minimum Gasteiger partial charge on any atom is -0.393 e. The van der Waals surface area contributed by atoms with Gasteiger partial charge in [0, 0.05) is 5.92 Å². The van der Waals surface area contributed by atoms with Crippen molar-refractivity contribution in [1.29, 1.82) is 0 Å². The lowest BCUT2D eigenvalue weighted by atomic mass is 10.1. The van der Waals surface area contributed by atoms with Gasteiger partial charge in [0.05, 0.1) is 6.10 Å². The van der Waals surface area contributed by atoms with Crippen LogP contribution in [0.5, 0.6) is 0 Å². The monoisotopic (exact) mass is 160 g/mol. The highest BCUT2D eigenvalue weighted by Crippen LogP contribution is 1.96. The van der Waals surface area contributed by atoms with Gasteiger partial charge in [-0.25, -0.2) is 0 Å². The van der Waals surface area contributed by atoms with E-state index in [2.05, 4.69) is 0 Å². The van der Waals surface area contributed by atoms with Crippen LogP contribution in [-0.2, 0) is 4.79 Å². The highest BCUT2D eigenvalue weighted by Gasteiger charge is 1.97. The summed E-state index contributed by atoms with van der Waals surface area (Å²) >= 11 is 0. The van der Waals surface area contributed by atoms with Crippen molar-refractivity contribution in [3.8, 4) is 0 Å². The van der Waals surface area contributed by atoms with Gasteiger partial charge < -0.3 is 9.90 Å². The number of aliphatic hydroxyl groups excluding tert-OH is 1. The van der Waals surface area contributed by atoms with Crippen molar-refractivity contribution in [3.05, 3.63) is 0 Å². The first-order chi connectivity index (χ1) is 4.91. The van der Waals surface area contributed by atoms with Crippen molar-refractivity contribution >= 4 is 6.29 Å². The first-order valence-corrected chi connectivity index (χ1v) is 4.05. The van der Waals surface area contributed by atoms with Crippen LogP contribution >= 0.6 is 0 Å². The molecule has 0 amide bonds. The van der Waals surface area contributed by atoms with Crippen LogP contribution in [-0.4, -0.2) is 17.5 Å². The second-order valence-electron chi connectivity index (χ2n) is 3.36. The molecule has 0 aromatic heterocycles. The molecule has 0 radical (unpaired) electrons. The molecule has 2 heteroatoms. The maximum absolute atomic E-state index is 9.50. The SMILES string of the molecule is CC(C)C(C)O.CC(C)C=O. The van der Waals surface area contributed by atoms with Crippen molar-refractivity contribution in [2.75, 3.05) is 0 Å². The minimum absolute atomic E-state index is 0.148. The molecular formula is C9H20O2. The molecule has 0 aromatic rings. The summed E-state index contributed by atoms with van der Waals surface area (Å²) in [6.07, 6.45) is 0.769. The fraction of sp³-hybridized carbons (Fsp3) is 0.889. The smallest absolute Gasteiger partial charge is 0.122 e. The molecule has 0 spiro atoms. The molecule has 0 saturated carbocycles. The van der Waals surface area contributed by atoms with Gasteiger partial charge in [0.15, 0.2) is 0 Å². The average molecular weight is 160 g/mol. The Morgan fingerprint density at radius 2 is 1.27 bits per heavy atom. The molecule has 1 atom stereocenters. The highest BCUT2D eigenvalue weighted by atomic mass is 16.3. The van der Waals surface area contributed by atoms with Crippen molar-refractivity contribution in [3.63, 3.8) is 0 Å². The minimum atomic E-state index is -0.148. The molecule has 0 heterocycles. The predicted octanol–water partition coefficient (Wildman–Crippen LogP) is 1.86. The maximum atomic E-state index is 9.50. The Bertz CT molecular complexity index is 79.6. The third-order valence-corrected chi connectivity index (χ3v) is 1.24. The molecule has 1 unspecified atom stereocenters. The lowest BCUT2D eigenvalue weighted by Gasteiger charge is -2.04. The van der Waals surface area contributed by atoms with Gasteiger partial charge in [0.25, 0.3) is 0 Å². The van der Waals surface area contributed by atoms with E-state index in [9.17, 15) is 4.79 Å². The molecule has 0 aliphatic rings. The Kier molecular flexibility index (Phi) is 9.31. The van der Waals surface area contributed by atoms with E-state index in [-0.39, 0.29) is 12.0 Å². The first kappa shape index (κ1) is 13.2. The van der Waals surface area contributed by atoms with Gasteiger partial charge in [-0.15, -0.1) is 0 Å². The Hall–Kier alpha value is -0.370. The topological polar surface area (TPSA) is 37.3 Å². The third kappa shape index (κ3) is 17.7. The van der Waals surface area contributed by atoms with E-state index in [1.54, 1.807) is 6.92 Å². The third-order valence-electron chi connectivity index (χ3n) is 1.24. The van der Waals surface area contributed by atoms with Crippen LogP contribution in [0.1, 0.15) is 34.6 Å². The molecule has 0 bridgehead atoms. The molecule has 0 saturated heterocycles. The lowest BCUT2D eigenvalue weighted by molar-refractivity contribution is -0.110. The molecule has 1 N–H and O–H groups in total. The zero-order valence-electron chi connectivity index (χ0n) is 8.16. The number of rotatable bonds is 2. The fourth-order valence-corrected chi connectivity index (χ4v) is 0. The summed E-state index contributed by atoms with van der Waals surface area (Å²) in [5.41, 5.74) is 0. The van der Waals surface area contributed by atoms with Crippen LogP contribution < -0.4 is 0 Å². The summed E-state index contributed by atoms with van der Waals surface area (Å²) in [5, 5.41) is 8.63. The lowest BCUT2D eigenvalue weighted by Crippen LogP contribution is -2.07. The molecular weight excluding hydrogens is 140 g/mol. The largest absolute Gasteiger partial charge is 0.393 e. The molecule has 2 nitrogen and oxygen atoms in total. The number of hydrogen-bond acceptors (Lipinski definition) is 2. The van der Waals surface area contributed by atoms with Crippen LogP contribution in [0.4, 0.5) is 0 Å². The van der Waals surface area contributed by atoms with Crippen molar-refractivity contribution in [2.24, 2.45) is 11.8 Å². The Labute approximate surface area is 69.6 Å². The number of hydrogen-bond donors (Lipinski definition) is 1. The Balaban J connectivity index is 0. The molecule has 68 valence electrons. The van der Waals surface area contributed by atoms with Gasteiger partial charge in [-0.3, -0.25) is 0 Å². The van der Waals surface area contributed by atoms with Gasteiger partial charge in [-0.1, -0.05) is 27.7 Å². The summed E-state index contributed by atoms with van der Waals surface area (Å²) in [7, 11) is 0. The standard InChI is InChI=1S/C5H12O.C4H8O/c1-4(2)5(3)6;1-4(2)3-5/h4-6H,1-3H3;3-4H,1-2H3. The normalized spacial score (nSPS) is 12.4. The van der Waals surface area contributed by atoms with Crippen LogP contribution in [0.15, 0.2) is 0 Å². The number of aldehydes is 1. The van der Waals surface area contributed by atoms with E-state index in [4.69, 9.17) is 5.11 Å². The van der Waals surface area contributed by atoms with E-state index < -0.39 is 0 Å². The fourth-order valence-electron chi connectivity index (χ4n) is 0. The van der Waals surface area contributed by atoms with Crippen LogP contribution in [0.2, 0.25) is 0 Å². The van der Waals surface area contributed by atoms with E-state index in [1.807, 2.05) is 27.7 Å². The van der Waals surface area contributed by atoms with Crippen molar-refractivity contribution < 1.29 is 9.90 Å². The Morgan fingerprint density at radius 1 is 1.09 bits per heavy atom. The van der Waals surface area contributed by atoms with Crippen LogP contribution in [0.3, 0.4) is 0 Å². The molecule has 0 aliphatic heterocycles. The summed E-state index contributed by atoms with van der Waals surface area (Å²) in [6.45, 7) is 9.49. The van der Waals surface area contributed by atoms with E-state index in [1.165, 1.54) is 0 Å². The van der Waals surface area contributed by atoms with Gasteiger partial charge >= 0.3 is 0 Å². The molecule has 0 aromatic carbocycles. The predicted molar refractivity (Wildman–Crippen MR) is 47.4 cm³/mol. The number of carbonyl (C=O) groups is 1. The van der Waals surface area contributed by atoms with E-state index >= 15 is 0 Å². The maximum Gasteiger partial charge on any atom is 0.122 e.